The molecule has 0 radical (unpaired) electrons. The Hall–Kier alpha value is -2.18. The molecule has 0 amide bonds. The SMILES string of the molecule is CCN(Cc1ccccc1)c1cc(N2CCC3(CC2)OCCO3)ncn1. The first-order chi connectivity index (χ1) is 12.8. The summed E-state index contributed by atoms with van der Waals surface area (Å²) in [6, 6.07) is 12.6. The van der Waals surface area contributed by atoms with Crippen LogP contribution in [0.15, 0.2) is 42.7 Å². The van der Waals surface area contributed by atoms with Gasteiger partial charge in [-0.05, 0) is 12.5 Å². The fourth-order valence-corrected chi connectivity index (χ4v) is 3.70. The Bertz CT molecular complexity index is 709. The molecule has 2 fully saturated rings. The molecule has 0 unspecified atom stereocenters. The summed E-state index contributed by atoms with van der Waals surface area (Å²) in [5, 5.41) is 0. The molecule has 2 aromatic rings. The van der Waals surface area contributed by atoms with Gasteiger partial charge in [0, 0.05) is 45.1 Å². The first-order valence-electron chi connectivity index (χ1n) is 9.42. The zero-order valence-electron chi connectivity index (χ0n) is 15.3. The van der Waals surface area contributed by atoms with Crippen molar-refractivity contribution in [2.45, 2.75) is 32.1 Å². The first-order valence-corrected chi connectivity index (χ1v) is 9.42. The summed E-state index contributed by atoms with van der Waals surface area (Å²) in [5.74, 6) is 1.60. The molecule has 1 aromatic carbocycles. The largest absolute Gasteiger partial charge is 0.356 e. The highest BCUT2D eigenvalue weighted by molar-refractivity contribution is 5.50. The van der Waals surface area contributed by atoms with E-state index in [1.807, 2.05) is 6.07 Å². The maximum Gasteiger partial charge on any atom is 0.171 e. The molecule has 0 aliphatic carbocycles. The van der Waals surface area contributed by atoms with Crippen LogP contribution < -0.4 is 9.80 Å². The van der Waals surface area contributed by atoms with Gasteiger partial charge in [-0.2, -0.15) is 0 Å². The smallest absolute Gasteiger partial charge is 0.171 e. The normalized spacial score (nSPS) is 19.0. The van der Waals surface area contributed by atoms with Gasteiger partial charge in [0.2, 0.25) is 0 Å². The van der Waals surface area contributed by atoms with Gasteiger partial charge in [-0.3, -0.25) is 0 Å². The van der Waals surface area contributed by atoms with Gasteiger partial charge >= 0.3 is 0 Å². The molecule has 1 aromatic heterocycles. The van der Waals surface area contributed by atoms with E-state index >= 15 is 0 Å². The predicted molar refractivity (Wildman–Crippen MR) is 101 cm³/mol. The van der Waals surface area contributed by atoms with E-state index in [4.69, 9.17) is 9.47 Å². The van der Waals surface area contributed by atoms with E-state index < -0.39 is 0 Å². The standard InChI is InChI=1S/C20H26N4O2/c1-2-23(15-17-6-4-3-5-7-17)18-14-19(22-16-21-18)24-10-8-20(9-11-24)25-12-13-26-20/h3-7,14,16H,2,8-13,15H2,1H3. The molecule has 138 valence electrons. The number of hydrogen-bond donors (Lipinski definition) is 0. The summed E-state index contributed by atoms with van der Waals surface area (Å²) in [7, 11) is 0. The molecule has 1 spiro atoms. The molecule has 4 rings (SSSR count). The third-order valence-corrected chi connectivity index (χ3v) is 5.22. The molecule has 6 heteroatoms. The number of ether oxygens (including phenoxy) is 2. The molecular formula is C20H26N4O2. The molecule has 0 saturated carbocycles. The van der Waals surface area contributed by atoms with E-state index in [0.717, 1.165) is 50.7 Å². The first kappa shape index (κ1) is 17.2. The van der Waals surface area contributed by atoms with Crippen molar-refractivity contribution >= 4 is 11.6 Å². The lowest BCUT2D eigenvalue weighted by molar-refractivity contribution is -0.169. The molecule has 2 aliphatic rings. The van der Waals surface area contributed by atoms with Crippen LogP contribution in [0, 0.1) is 0 Å². The van der Waals surface area contributed by atoms with E-state index in [2.05, 4.69) is 57.0 Å². The molecule has 0 atom stereocenters. The van der Waals surface area contributed by atoms with Crippen LogP contribution in [0.5, 0.6) is 0 Å². The molecule has 2 saturated heterocycles. The van der Waals surface area contributed by atoms with E-state index in [-0.39, 0.29) is 5.79 Å². The second-order valence-corrected chi connectivity index (χ2v) is 6.83. The Morgan fingerprint density at radius 3 is 2.50 bits per heavy atom. The Labute approximate surface area is 154 Å². The highest BCUT2D eigenvalue weighted by Crippen LogP contribution is 2.33. The van der Waals surface area contributed by atoms with Crippen molar-refractivity contribution < 1.29 is 9.47 Å². The average molecular weight is 354 g/mol. The maximum atomic E-state index is 5.82. The minimum atomic E-state index is -0.352. The van der Waals surface area contributed by atoms with Gasteiger partial charge < -0.3 is 19.3 Å². The van der Waals surface area contributed by atoms with Crippen LogP contribution in [0.3, 0.4) is 0 Å². The van der Waals surface area contributed by atoms with Crippen LogP contribution in [0.2, 0.25) is 0 Å². The average Bonchev–Trinajstić information content (AvgIpc) is 3.15. The van der Waals surface area contributed by atoms with Crippen LogP contribution in [0.4, 0.5) is 11.6 Å². The van der Waals surface area contributed by atoms with Crippen molar-refractivity contribution in [3.63, 3.8) is 0 Å². The quantitative estimate of drug-likeness (QED) is 0.823. The second kappa shape index (κ2) is 7.60. The van der Waals surface area contributed by atoms with Gasteiger partial charge in [0.15, 0.2) is 5.79 Å². The van der Waals surface area contributed by atoms with Crippen LogP contribution in [0.1, 0.15) is 25.3 Å². The number of hydrogen-bond acceptors (Lipinski definition) is 6. The van der Waals surface area contributed by atoms with Gasteiger partial charge in [-0.15, -0.1) is 0 Å². The minimum absolute atomic E-state index is 0.352. The summed E-state index contributed by atoms with van der Waals surface area (Å²) in [4.78, 5) is 13.6. The predicted octanol–water partition coefficient (Wildman–Crippen LogP) is 2.85. The number of rotatable bonds is 5. The summed E-state index contributed by atoms with van der Waals surface area (Å²) in [6.45, 7) is 7.10. The topological polar surface area (TPSA) is 50.7 Å². The lowest BCUT2D eigenvalue weighted by Gasteiger charge is -2.38. The Balaban J connectivity index is 1.46. The van der Waals surface area contributed by atoms with Crippen molar-refractivity contribution in [2.24, 2.45) is 0 Å². The third kappa shape index (κ3) is 3.66. The summed E-state index contributed by atoms with van der Waals surface area (Å²) in [6.07, 6.45) is 3.44. The highest BCUT2D eigenvalue weighted by atomic mass is 16.7. The highest BCUT2D eigenvalue weighted by Gasteiger charge is 2.40. The minimum Gasteiger partial charge on any atom is -0.356 e. The fraction of sp³-hybridized carbons (Fsp3) is 0.500. The zero-order chi connectivity index (χ0) is 17.8. The van der Waals surface area contributed by atoms with Crippen LogP contribution in [0.25, 0.3) is 0 Å². The Kier molecular flexibility index (Phi) is 5.04. The fourth-order valence-electron chi connectivity index (χ4n) is 3.70. The number of aromatic nitrogens is 2. The summed E-state index contributed by atoms with van der Waals surface area (Å²) in [5.41, 5.74) is 1.28. The number of nitrogens with zero attached hydrogens (tertiary/aromatic N) is 4. The molecule has 3 heterocycles. The van der Waals surface area contributed by atoms with E-state index in [0.29, 0.717) is 13.2 Å². The monoisotopic (exact) mass is 354 g/mol. The number of piperidine rings is 1. The van der Waals surface area contributed by atoms with Crippen molar-refractivity contribution in [3.8, 4) is 0 Å². The van der Waals surface area contributed by atoms with Gasteiger partial charge in [0.05, 0.1) is 13.2 Å². The zero-order valence-corrected chi connectivity index (χ0v) is 15.3. The molecule has 26 heavy (non-hydrogen) atoms. The summed E-state index contributed by atoms with van der Waals surface area (Å²) >= 11 is 0. The van der Waals surface area contributed by atoms with Crippen molar-refractivity contribution in [2.75, 3.05) is 42.6 Å². The summed E-state index contributed by atoms with van der Waals surface area (Å²) < 4.78 is 11.6. The van der Waals surface area contributed by atoms with E-state index in [1.54, 1.807) is 6.33 Å². The van der Waals surface area contributed by atoms with Crippen molar-refractivity contribution in [1.29, 1.82) is 0 Å². The molecule has 0 N–H and O–H groups in total. The van der Waals surface area contributed by atoms with Gasteiger partial charge in [0.25, 0.3) is 0 Å². The lowest BCUT2D eigenvalue weighted by atomic mass is 10.0. The van der Waals surface area contributed by atoms with Crippen LogP contribution >= 0.6 is 0 Å². The molecule has 2 aliphatic heterocycles. The molecule has 6 nitrogen and oxygen atoms in total. The van der Waals surface area contributed by atoms with Gasteiger partial charge in [-0.25, -0.2) is 9.97 Å². The third-order valence-electron chi connectivity index (χ3n) is 5.22. The van der Waals surface area contributed by atoms with Gasteiger partial charge in [-0.1, -0.05) is 30.3 Å². The van der Waals surface area contributed by atoms with Crippen LogP contribution in [-0.4, -0.2) is 48.6 Å². The lowest BCUT2D eigenvalue weighted by Crippen LogP contribution is -2.45. The number of anilines is 2. The number of benzene rings is 1. The maximum absolute atomic E-state index is 5.82. The molecule has 0 bridgehead atoms. The van der Waals surface area contributed by atoms with E-state index in [1.165, 1.54) is 5.56 Å². The van der Waals surface area contributed by atoms with E-state index in [9.17, 15) is 0 Å². The van der Waals surface area contributed by atoms with Crippen molar-refractivity contribution in [3.05, 3.63) is 48.3 Å². The Morgan fingerprint density at radius 2 is 1.81 bits per heavy atom. The molecular weight excluding hydrogens is 328 g/mol. The van der Waals surface area contributed by atoms with Gasteiger partial charge in [0.1, 0.15) is 18.0 Å². The van der Waals surface area contributed by atoms with Crippen LogP contribution in [-0.2, 0) is 16.0 Å². The Morgan fingerprint density at radius 1 is 1.08 bits per heavy atom. The second-order valence-electron chi connectivity index (χ2n) is 6.83. The van der Waals surface area contributed by atoms with Crippen molar-refractivity contribution in [1.82, 2.24) is 9.97 Å².